The van der Waals surface area contributed by atoms with Gasteiger partial charge in [0.2, 0.25) is 5.91 Å². The Balaban J connectivity index is 1.29. The van der Waals surface area contributed by atoms with Crippen LogP contribution in [0.5, 0.6) is 0 Å². The standard InChI is InChI=1S/C21H31N5O3/c1-16-22-13-18(14-23-16)21(28)24-7-4-19(5-8-24)26-6-2-3-17(15-26)20(27)25-9-11-29-12-10-25/h13-14,17,19H,2-12,15H2,1H3. The van der Waals surface area contributed by atoms with Crippen LogP contribution in [0.25, 0.3) is 0 Å². The number of nitrogens with zero attached hydrogens (tertiary/aromatic N) is 5. The number of rotatable bonds is 3. The Kier molecular flexibility index (Phi) is 6.40. The molecule has 3 aliphatic rings. The van der Waals surface area contributed by atoms with Gasteiger partial charge in [0.05, 0.1) is 24.7 Å². The summed E-state index contributed by atoms with van der Waals surface area (Å²) in [7, 11) is 0. The van der Waals surface area contributed by atoms with E-state index in [0.717, 1.165) is 65.0 Å². The van der Waals surface area contributed by atoms with E-state index in [1.807, 2.05) is 16.7 Å². The minimum Gasteiger partial charge on any atom is -0.378 e. The molecular weight excluding hydrogens is 370 g/mol. The molecule has 0 aliphatic carbocycles. The molecule has 1 aromatic heterocycles. The van der Waals surface area contributed by atoms with Crippen LogP contribution in [-0.2, 0) is 9.53 Å². The summed E-state index contributed by atoms with van der Waals surface area (Å²) in [5, 5.41) is 0. The second kappa shape index (κ2) is 9.17. The Morgan fingerprint density at radius 1 is 0.966 bits per heavy atom. The first-order valence-corrected chi connectivity index (χ1v) is 10.8. The number of carbonyl (C=O) groups is 2. The van der Waals surface area contributed by atoms with E-state index in [2.05, 4.69) is 14.9 Å². The highest BCUT2D eigenvalue weighted by molar-refractivity contribution is 5.93. The third-order valence-electron chi connectivity index (χ3n) is 6.42. The van der Waals surface area contributed by atoms with Gasteiger partial charge in [-0.3, -0.25) is 14.5 Å². The van der Waals surface area contributed by atoms with Gasteiger partial charge in [-0.2, -0.15) is 0 Å². The molecule has 3 aliphatic heterocycles. The first-order valence-electron chi connectivity index (χ1n) is 10.8. The number of aryl methyl sites for hydroxylation is 1. The van der Waals surface area contributed by atoms with Gasteiger partial charge in [-0.25, -0.2) is 9.97 Å². The Hall–Kier alpha value is -2.06. The highest BCUT2D eigenvalue weighted by atomic mass is 16.5. The molecule has 2 amide bonds. The van der Waals surface area contributed by atoms with E-state index in [0.29, 0.717) is 36.6 Å². The number of carbonyl (C=O) groups excluding carboxylic acids is 2. The third kappa shape index (κ3) is 4.75. The lowest BCUT2D eigenvalue weighted by Gasteiger charge is -2.43. The van der Waals surface area contributed by atoms with Crippen molar-refractivity contribution in [1.82, 2.24) is 24.7 Å². The van der Waals surface area contributed by atoms with E-state index in [9.17, 15) is 9.59 Å². The van der Waals surface area contributed by atoms with E-state index >= 15 is 0 Å². The Bertz CT molecular complexity index is 712. The lowest BCUT2D eigenvalue weighted by Crippen LogP contribution is -2.53. The van der Waals surface area contributed by atoms with Crippen LogP contribution in [0, 0.1) is 12.8 Å². The number of amides is 2. The molecule has 1 unspecified atom stereocenters. The number of hydrogen-bond donors (Lipinski definition) is 0. The number of piperidine rings is 2. The summed E-state index contributed by atoms with van der Waals surface area (Å²) in [6.07, 6.45) is 7.19. The second-order valence-corrected chi connectivity index (χ2v) is 8.31. The first kappa shape index (κ1) is 20.2. The van der Waals surface area contributed by atoms with Crippen molar-refractivity contribution in [1.29, 1.82) is 0 Å². The summed E-state index contributed by atoms with van der Waals surface area (Å²) >= 11 is 0. The fourth-order valence-corrected chi connectivity index (χ4v) is 4.70. The Morgan fingerprint density at radius 2 is 1.66 bits per heavy atom. The van der Waals surface area contributed by atoms with Gasteiger partial charge >= 0.3 is 0 Å². The molecule has 0 radical (unpaired) electrons. The summed E-state index contributed by atoms with van der Waals surface area (Å²) in [6.45, 7) is 7.96. The van der Waals surface area contributed by atoms with Crippen molar-refractivity contribution in [2.45, 2.75) is 38.6 Å². The van der Waals surface area contributed by atoms with Crippen molar-refractivity contribution < 1.29 is 14.3 Å². The molecule has 4 heterocycles. The Morgan fingerprint density at radius 3 is 2.34 bits per heavy atom. The van der Waals surface area contributed by atoms with Gasteiger partial charge in [-0.15, -0.1) is 0 Å². The molecule has 8 nitrogen and oxygen atoms in total. The molecule has 0 saturated carbocycles. The van der Waals surface area contributed by atoms with E-state index in [4.69, 9.17) is 4.74 Å². The van der Waals surface area contributed by atoms with Crippen LogP contribution in [0.3, 0.4) is 0 Å². The van der Waals surface area contributed by atoms with E-state index in [1.165, 1.54) is 0 Å². The lowest BCUT2D eigenvalue weighted by molar-refractivity contribution is -0.141. The van der Waals surface area contributed by atoms with Crippen molar-refractivity contribution in [3.05, 3.63) is 23.8 Å². The van der Waals surface area contributed by atoms with Crippen molar-refractivity contribution in [3.8, 4) is 0 Å². The highest BCUT2D eigenvalue weighted by Gasteiger charge is 2.34. The maximum atomic E-state index is 12.9. The Labute approximate surface area is 172 Å². The molecule has 1 aromatic rings. The van der Waals surface area contributed by atoms with Crippen LogP contribution in [0.4, 0.5) is 0 Å². The van der Waals surface area contributed by atoms with Gasteiger partial charge in [-0.05, 0) is 39.2 Å². The van der Waals surface area contributed by atoms with Crippen molar-refractivity contribution in [2.75, 3.05) is 52.5 Å². The first-order chi connectivity index (χ1) is 14.1. The maximum Gasteiger partial charge on any atom is 0.256 e. The number of hydrogen-bond acceptors (Lipinski definition) is 6. The summed E-state index contributed by atoms with van der Waals surface area (Å²) in [5.74, 6) is 1.09. The van der Waals surface area contributed by atoms with Crippen molar-refractivity contribution >= 4 is 11.8 Å². The predicted molar refractivity (Wildman–Crippen MR) is 107 cm³/mol. The fraction of sp³-hybridized carbons (Fsp3) is 0.714. The molecule has 1 atom stereocenters. The van der Waals surface area contributed by atoms with Gasteiger partial charge in [-0.1, -0.05) is 0 Å². The summed E-state index contributed by atoms with van der Waals surface area (Å²) in [4.78, 5) is 40.2. The zero-order valence-corrected chi connectivity index (χ0v) is 17.3. The van der Waals surface area contributed by atoms with Gasteiger partial charge < -0.3 is 14.5 Å². The summed E-state index contributed by atoms with van der Waals surface area (Å²) in [5.41, 5.74) is 0.559. The predicted octanol–water partition coefficient (Wildman–Crippen LogP) is 0.960. The minimum atomic E-state index is 0.0162. The molecule has 29 heavy (non-hydrogen) atoms. The van der Waals surface area contributed by atoms with Crippen molar-refractivity contribution in [3.63, 3.8) is 0 Å². The van der Waals surface area contributed by atoms with Crippen LogP contribution in [0.2, 0.25) is 0 Å². The molecule has 158 valence electrons. The quantitative estimate of drug-likeness (QED) is 0.751. The molecule has 0 bridgehead atoms. The van der Waals surface area contributed by atoms with Crippen LogP contribution >= 0.6 is 0 Å². The molecule has 3 saturated heterocycles. The molecule has 3 fully saturated rings. The maximum absolute atomic E-state index is 12.9. The number of aromatic nitrogens is 2. The van der Waals surface area contributed by atoms with Crippen LogP contribution in [0.15, 0.2) is 12.4 Å². The number of ether oxygens (including phenoxy) is 1. The average molecular weight is 402 g/mol. The number of likely N-dealkylation sites (tertiary alicyclic amines) is 2. The smallest absolute Gasteiger partial charge is 0.256 e. The van der Waals surface area contributed by atoms with E-state index in [-0.39, 0.29) is 11.8 Å². The van der Waals surface area contributed by atoms with Gasteiger partial charge in [0.25, 0.3) is 5.91 Å². The largest absolute Gasteiger partial charge is 0.378 e. The molecule has 0 aromatic carbocycles. The zero-order chi connectivity index (χ0) is 20.2. The van der Waals surface area contributed by atoms with Crippen molar-refractivity contribution in [2.24, 2.45) is 5.92 Å². The lowest BCUT2D eigenvalue weighted by atomic mass is 9.92. The molecular formula is C21H31N5O3. The normalized spacial score (nSPS) is 24.5. The zero-order valence-electron chi connectivity index (χ0n) is 17.3. The van der Waals surface area contributed by atoms with E-state index < -0.39 is 0 Å². The van der Waals surface area contributed by atoms with Gasteiger partial charge in [0, 0.05) is 51.2 Å². The third-order valence-corrected chi connectivity index (χ3v) is 6.42. The van der Waals surface area contributed by atoms with Gasteiger partial charge in [0.1, 0.15) is 5.82 Å². The van der Waals surface area contributed by atoms with Crippen LogP contribution < -0.4 is 0 Å². The molecule has 0 N–H and O–H groups in total. The topological polar surface area (TPSA) is 78.9 Å². The fourth-order valence-electron chi connectivity index (χ4n) is 4.70. The highest BCUT2D eigenvalue weighted by Crippen LogP contribution is 2.26. The monoisotopic (exact) mass is 401 g/mol. The van der Waals surface area contributed by atoms with E-state index in [1.54, 1.807) is 12.4 Å². The minimum absolute atomic E-state index is 0.0162. The second-order valence-electron chi connectivity index (χ2n) is 8.31. The van der Waals surface area contributed by atoms with Crippen LogP contribution in [-0.4, -0.2) is 95.0 Å². The molecule has 8 heteroatoms. The molecule has 4 rings (SSSR count). The summed E-state index contributed by atoms with van der Waals surface area (Å²) in [6, 6.07) is 0.452. The average Bonchev–Trinajstić information content (AvgIpc) is 2.79. The number of morpholine rings is 1. The SMILES string of the molecule is Cc1ncc(C(=O)N2CCC(N3CCCC(C(=O)N4CCOCC4)C3)CC2)cn1. The van der Waals surface area contributed by atoms with Gasteiger partial charge in [0.15, 0.2) is 0 Å². The molecule has 0 spiro atoms. The van der Waals surface area contributed by atoms with Crippen LogP contribution in [0.1, 0.15) is 41.9 Å². The summed E-state index contributed by atoms with van der Waals surface area (Å²) < 4.78 is 5.38.